The van der Waals surface area contributed by atoms with Crippen LogP contribution in [0.1, 0.15) is 13.3 Å². The van der Waals surface area contributed by atoms with Crippen molar-refractivity contribution in [3.8, 4) is 6.07 Å². The second-order valence-corrected chi connectivity index (χ2v) is 7.28. The van der Waals surface area contributed by atoms with Crippen LogP contribution in [0.15, 0.2) is 108 Å². The van der Waals surface area contributed by atoms with Gasteiger partial charge < -0.3 is 27.4 Å². The van der Waals surface area contributed by atoms with Crippen molar-refractivity contribution in [3.63, 3.8) is 0 Å². The first-order valence-corrected chi connectivity index (χ1v) is 10.5. The number of alkyl halides is 1. The third-order valence-corrected chi connectivity index (χ3v) is 4.68. The molecule has 0 rings (SSSR count). The summed E-state index contributed by atoms with van der Waals surface area (Å²) < 4.78 is 0. The second-order valence-electron chi connectivity index (χ2n) is 6.97. The molecule has 0 aromatic heterocycles. The minimum atomic E-state index is 0.196. The first kappa shape index (κ1) is 28.4. The van der Waals surface area contributed by atoms with E-state index in [-0.39, 0.29) is 6.04 Å². The third-order valence-electron chi connectivity index (χ3n) is 4.22. The highest BCUT2D eigenvalue weighted by molar-refractivity contribution is 6.18. The largest absolute Gasteiger partial charge is 0.404 e. The topological polar surface area (TPSA) is 112 Å². The number of rotatable bonds is 15. The van der Waals surface area contributed by atoms with Gasteiger partial charge in [0.15, 0.2) is 0 Å². The zero-order valence-corrected chi connectivity index (χ0v) is 19.8. The van der Waals surface area contributed by atoms with Gasteiger partial charge in [0, 0.05) is 48.7 Å². The highest BCUT2D eigenvalue weighted by Gasteiger charge is 2.09. The van der Waals surface area contributed by atoms with Crippen LogP contribution < -0.4 is 27.4 Å². The van der Waals surface area contributed by atoms with Crippen LogP contribution in [-0.4, -0.2) is 25.5 Å². The smallest absolute Gasteiger partial charge is 0.101 e. The van der Waals surface area contributed by atoms with Crippen LogP contribution in [-0.2, 0) is 0 Å². The summed E-state index contributed by atoms with van der Waals surface area (Å²) >= 11 is 5.75. The molecule has 0 radical (unpaired) electrons. The number of hydrogen-bond acceptors (Lipinski definition) is 6. The number of likely N-dealkylation sites (N-methyl/N-ethyl adjacent to an activating group) is 1. The van der Waals surface area contributed by atoms with E-state index in [9.17, 15) is 0 Å². The molecule has 0 saturated heterocycles. The Balaban J connectivity index is 5.00. The third kappa shape index (κ3) is 11.6. The fourth-order valence-corrected chi connectivity index (χ4v) is 2.34. The Morgan fingerprint density at radius 3 is 2.34 bits per heavy atom. The zero-order valence-electron chi connectivity index (χ0n) is 19.0. The Labute approximate surface area is 197 Å². The molecule has 0 aliphatic rings. The van der Waals surface area contributed by atoms with Gasteiger partial charge in [-0.05, 0) is 60.7 Å². The summed E-state index contributed by atoms with van der Waals surface area (Å²) in [5.74, 6) is 0.531. The average molecular weight is 455 g/mol. The molecule has 172 valence electrons. The number of hydrogen-bond donors (Lipinski definition) is 5. The van der Waals surface area contributed by atoms with E-state index in [4.69, 9.17) is 28.3 Å². The Morgan fingerprint density at radius 1 is 1.12 bits per heavy atom. The van der Waals surface area contributed by atoms with Gasteiger partial charge in [0.05, 0.1) is 5.57 Å². The van der Waals surface area contributed by atoms with Crippen LogP contribution in [0.2, 0.25) is 0 Å². The van der Waals surface area contributed by atoms with Crippen molar-refractivity contribution in [1.82, 2.24) is 16.0 Å². The normalized spacial score (nSPS) is 13.5. The monoisotopic (exact) mass is 454 g/mol. The maximum absolute atomic E-state index is 9.16. The van der Waals surface area contributed by atoms with Gasteiger partial charge in [0.1, 0.15) is 6.07 Å². The zero-order chi connectivity index (χ0) is 24.5. The fourth-order valence-electron chi connectivity index (χ4n) is 2.25. The summed E-state index contributed by atoms with van der Waals surface area (Å²) in [6, 6.07) is 2.22. The van der Waals surface area contributed by atoms with E-state index in [0.29, 0.717) is 41.4 Å². The summed E-state index contributed by atoms with van der Waals surface area (Å²) in [5, 5.41) is 18.5. The van der Waals surface area contributed by atoms with E-state index in [0.717, 1.165) is 16.7 Å². The first-order valence-electron chi connectivity index (χ1n) is 9.99. The standard InChI is InChI=1S/C25H35ClN6/c1-18(9-10-31-21(4)13-26)17-32-20(3)7-8-23(14-27)11-19(2)25(22(5)30-6)12-24(15-28)16-29/h7-10,12,14-15,21,30-32H,1-3,5,11,13,17,27-28H2,4,6H3/b8-7-,10-9-,23-14+,24-15+,25-12-/t21-/m0/s1. The Morgan fingerprint density at radius 2 is 1.81 bits per heavy atom. The second kappa shape index (κ2) is 16.2. The van der Waals surface area contributed by atoms with Crippen molar-refractivity contribution in [2.45, 2.75) is 19.4 Å². The Kier molecular flexibility index (Phi) is 14.4. The molecule has 6 nitrogen and oxygen atoms in total. The number of nitrogens with one attached hydrogen (secondary N) is 3. The van der Waals surface area contributed by atoms with Crippen LogP contribution in [0, 0.1) is 11.3 Å². The Hall–Kier alpha value is -3.56. The molecule has 0 fully saturated rings. The van der Waals surface area contributed by atoms with E-state index in [1.165, 1.54) is 12.4 Å². The molecule has 1 atom stereocenters. The van der Waals surface area contributed by atoms with Gasteiger partial charge in [-0.25, -0.2) is 0 Å². The van der Waals surface area contributed by atoms with Crippen LogP contribution >= 0.6 is 11.6 Å². The molecule has 0 aliphatic heterocycles. The van der Waals surface area contributed by atoms with Crippen molar-refractivity contribution in [1.29, 1.82) is 5.26 Å². The number of nitriles is 1. The quantitative estimate of drug-likeness (QED) is 0.146. The average Bonchev–Trinajstić information content (AvgIpc) is 2.80. The van der Waals surface area contributed by atoms with Crippen molar-refractivity contribution >= 4 is 11.6 Å². The lowest BCUT2D eigenvalue weighted by atomic mass is 9.96. The number of halogens is 1. The van der Waals surface area contributed by atoms with E-state index in [1.54, 1.807) is 13.1 Å². The molecule has 7 heteroatoms. The van der Waals surface area contributed by atoms with Crippen molar-refractivity contribution in [2.75, 3.05) is 19.5 Å². The van der Waals surface area contributed by atoms with E-state index < -0.39 is 0 Å². The number of nitrogens with two attached hydrogens (primary N) is 2. The molecule has 0 heterocycles. The van der Waals surface area contributed by atoms with Crippen LogP contribution in [0.25, 0.3) is 0 Å². The summed E-state index contributed by atoms with van der Waals surface area (Å²) in [4.78, 5) is 0. The lowest BCUT2D eigenvalue weighted by Crippen LogP contribution is -2.22. The summed E-state index contributed by atoms with van der Waals surface area (Å²) in [6.45, 7) is 18.6. The van der Waals surface area contributed by atoms with Crippen LogP contribution in [0.3, 0.4) is 0 Å². The summed E-state index contributed by atoms with van der Waals surface area (Å²) in [5.41, 5.74) is 16.1. The van der Waals surface area contributed by atoms with Gasteiger partial charge in [0.2, 0.25) is 0 Å². The van der Waals surface area contributed by atoms with Crippen LogP contribution in [0.5, 0.6) is 0 Å². The molecule has 0 aromatic carbocycles. The maximum Gasteiger partial charge on any atom is 0.101 e. The van der Waals surface area contributed by atoms with Crippen molar-refractivity contribution < 1.29 is 0 Å². The van der Waals surface area contributed by atoms with Crippen LogP contribution in [0.4, 0.5) is 0 Å². The first-order chi connectivity index (χ1) is 15.2. The number of nitrogens with zero attached hydrogens (tertiary/aromatic N) is 1. The molecule has 32 heavy (non-hydrogen) atoms. The molecular weight excluding hydrogens is 420 g/mol. The van der Waals surface area contributed by atoms with Gasteiger partial charge in [0.25, 0.3) is 0 Å². The molecule has 0 saturated carbocycles. The van der Waals surface area contributed by atoms with Gasteiger partial charge in [-0.3, -0.25) is 0 Å². The SMILES string of the molecule is C=C(/C=C\N[C@@H](C)CCl)CNC(=C)/C=C\C(=C/N)CC(=C)/C(=C/C(C#N)=C\N)C(=C)NC. The van der Waals surface area contributed by atoms with Gasteiger partial charge in [-0.2, -0.15) is 5.26 Å². The van der Waals surface area contributed by atoms with E-state index in [2.05, 4.69) is 42.3 Å². The maximum atomic E-state index is 9.16. The highest BCUT2D eigenvalue weighted by Crippen LogP contribution is 2.23. The predicted octanol–water partition coefficient (Wildman–Crippen LogP) is 3.75. The van der Waals surface area contributed by atoms with Gasteiger partial charge in [-0.15, -0.1) is 11.6 Å². The summed E-state index contributed by atoms with van der Waals surface area (Å²) in [7, 11) is 1.74. The molecule has 0 unspecified atom stereocenters. The summed E-state index contributed by atoms with van der Waals surface area (Å²) in [6.07, 6.45) is 12.2. The lowest BCUT2D eigenvalue weighted by Gasteiger charge is -2.14. The fraction of sp³-hybridized carbons (Fsp3) is 0.240. The highest BCUT2D eigenvalue weighted by atomic mass is 35.5. The lowest BCUT2D eigenvalue weighted by molar-refractivity contribution is 0.708. The van der Waals surface area contributed by atoms with E-state index >= 15 is 0 Å². The molecule has 0 spiro atoms. The molecule has 0 aromatic rings. The molecule has 0 aliphatic carbocycles. The Bertz CT molecular complexity index is 881. The predicted molar refractivity (Wildman–Crippen MR) is 138 cm³/mol. The molecule has 0 bridgehead atoms. The van der Waals surface area contributed by atoms with Crippen molar-refractivity contribution in [2.24, 2.45) is 11.5 Å². The van der Waals surface area contributed by atoms with E-state index in [1.807, 2.05) is 37.4 Å². The van der Waals surface area contributed by atoms with Crippen molar-refractivity contribution in [3.05, 3.63) is 108 Å². The molecular formula is C25H35ClN6. The van der Waals surface area contributed by atoms with Gasteiger partial charge in [-0.1, -0.05) is 32.4 Å². The minimum Gasteiger partial charge on any atom is -0.404 e. The number of allylic oxidation sites excluding steroid dienone is 6. The molecule has 0 amide bonds. The minimum absolute atomic E-state index is 0.196. The van der Waals surface area contributed by atoms with Gasteiger partial charge >= 0.3 is 0 Å². The molecule has 7 N–H and O–H groups in total.